The van der Waals surface area contributed by atoms with Crippen molar-refractivity contribution in [2.75, 3.05) is 0 Å². The Bertz CT molecular complexity index is 1180. The molecule has 0 amide bonds. The number of hydrogen-bond acceptors (Lipinski definition) is 5. The van der Waals surface area contributed by atoms with Crippen molar-refractivity contribution >= 4 is 0 Å². The Morgan fingerprint density at radius 3 is 2.19 bits per heavy atom. The molecule has 2 aromatic heterocycles. The predicted molar refractivity (Wildman–Crippen MR) is 116 cm³/mol. The number of benzene rings is 2. The molecule has 0 fully saturated rings. The highest BCUT2D eigenvalue weighted by atomic mass is 19.1. The number of ether oxygens (including phenoxy) is 1. The molecule has 4 rings (SSSR count). The predicted octanol–water partition coefficient (Wildman–Crippen LogP) is 5.79. The van der Waals surface area contributed by atoms with Gasteiger partial charge >= 0.3 is 0 Å². The van der Waals surface area contributed by atoms with Gasteiger partial charge in [-0.15, -0.1) is 0 Å². The van der Waals surface area contributed by atoms with Crippen molar-refractivity contribution in [1.82, 2.24) is 15.1 Å². The molecule has 2 aromatic carbocycles. The first-order valence-electron chi connectivity index (χ1n) is 10.1. The molecule has 0 aliphatic rings. The molecule has 5 nitrogen and oxygen atoms in total. The second kappa shape index (κ2) is 8.30. The van der Waals surface area contributed by atoms with E-state index in [0.717, 1.165) is 0 Å². The molecule has 0 spiro atoms. The summed E-state index contributed by atoms with van der Waals surface area (Å²) in [6.07, 6.45) is 1.51. The summed E-state index contributed by atoms with van der Waals surface area (Å²) in [6, 6.07) is 18.1. The Labute approximate surface area is 180 Å². The second-order valence-corrected chi connectivity index (χ2v) is 8.07. The topological polar surface area (TPSA) is 61.0 Å². The van der Waals surface area contributed by atoms with Crippen LogP contribution in [-0.2, 0) is 12.0 Å². The maximum Gasteiger partial charge on any atom is 0.224 e. The van der Waals surface area contributed by atoms with Crippen molar-refractivity contribution in [2.45, 2.75) is 39.7 Å². The van der Waals surface area contributed by atoms with Gasteiger partial charge in [0, 0.05) is 24.1 Å². The average Bonchev–Trinajstić information content (AvgIpc) is 3.19. The van der Waals surface area contributed by atoms with Crippen molar-refractivity contribution in [1.29, 1.82) is 0 Å². The lowest BCUT2D eigenvalue weighted by Crippen LogP contribution is -2.18. The van der Waals surface area contributed by atoms with Crippen molar-refractivity contribution in [3.8, 4) is 17.3 Å². The highest BCUT2D eigenvalue weighted by Gasteiger charge is 2.23. The monoisotopic (exact) mass is 417 g/mol. The molecular weight excluding hydrogens is 393 g/mol. The lowest BCUT2D eigenvalue weighted by molar-refractivity contribution is 0.299. The first kappa shape index (κ1) is 20.7. The lowest BCUT2D eigenvalue weighted by atomic mass is 9.78. The second-order valence-electron chi connectivity index (χ2n) is 8.07. The van der Waals surface area contributed by atoms with Crippen LogP contribution >= 0.6 is 0 Å². The molecule has 0 unspecified atom stereocenters. The van der Waals surface area contributed by atoms with Crippen molar-refractivity contribution < 1.29 is 13.7 Å². The number of halogens is 1. The summed E-state index contributed by atoms with van der Waals surface area (Å²) in [7, 11) is 0. The molecule has 0 saturated carbocycles. The van der Waals surface area contributed by atoms with Gasteiger partial charge in [0.05, 0.1) is 0 Å². The first-order chi connectivity index (χ1) is 14.8. The lowest BCUT2D eigenvalue weighted by Gasteiger charge is -2.26. The number of nitrogens with zero attached hydrogens (tertiary/aromatic N) is 3. The quantitative estimate of drug-likeness (QED) is 0.397. The van der Waals surface area contributed by atoms with Crippen LogP contribution in [0.5, 0.6) is 5.75 Å². The molecular formula is C25H24FN3O2. The van der Waals surface area contributed by atoms with E-state index in [4.69, 9.17) is 9.26 Å². The number of hydrogen-bond donors (Lipinski definition) is 0. The van der Waals surface area contributed by atoms with Crippen molar-refractivity contribution in [2.24, 2.45) is 0 Å². The van der Waals surface area contributed by atoms with Crippen LogP contribution in [0.3, 0.4) is 0 Å². The summed E-state index contributed by atoms with van der Waals surface area (Å²) in [4.78, 5) is 8.08. The standard InChI is InChI=1S/C25H24FN3O2/c1-16-5-7-19(8-6-16)25(3,4)20-9-11-21(12-10-20)30-15-18-13-14-27-23(22(18)26)24-28-17(2)31-29-24/h5-14H,15H2,1-4H3. The SMILES string of the molecule is Cc1ccc(C(C)(C)c2ccc(OCc3ccnc(-c4noc(C)n4)c3F)cc2)cc1. The number of rotatable bonds is 6. The summed E-state index contributed by atoms with van der Waals surface area (Å²) < 4.78 is 25.6. The van der Waals surface area contributed by atoms with E-state index in [-0.39, 0.29) is 23.5 Å². The van der Waals surface area contributed by atoms with E-state index in [1.165, 1.54) is 22.9 Å². The highest BCUT2D eigenvalue weighted by molar-refractivity contribution is 5.50. The minimum atomic E-state index is -0.513. The van der Waals surface area contributed by atoms with Crippen LogP contribution in [0, 0.1) is 19.7 Å². The minimum absolute atomic E-state index is 0.0492. The van der Waals surface area contributed by atoms with Gasteiger partial charge in [-0.25, -0.2) is 9.37 Å². The first-order valence-corrected chi connectivity index (χ1v) is 10.1. The highest BCUT2D eigenvalue weighted by Crippen LogP contribution is 2.32. The molecule has 2 heterocycles. The molecule has 0 atom stereocenters. The Morgan fingerprint density at radius 2 is 1.58 bits per heavy atom. The van der Waals surface area contributed by atoms with Gasteiger partial charge in [-0.2, -0.15) is 4.98 Å². The van der Waals surface area contributed by atoms with E-state index in [1.807, 2.05) is 24.3 Å². The van der Waals surface area contributed by atoms with Gasteiger partial charge in [0.15, 0.2) is 5.82 Å². The summed E-state index contributed by atoms with van der Waals surface area (Å²) >= 11 is 0. The largest absolute Gasteiger partial charge is 0.489 e. The van der Waals surface area contributed by atoms with Crippen LogP contribution in [-0.4, -0.2) is 15.1 Å². The Morgan fingerprint density at radius 1 is 0.935 bits per heavy atom. The molecule has 0 N–H and O–H groups in total. The van der Waals surface area contributed by atoms with E-state index in [0.29, 0.717) is 17.2 Å². The molecule has 0 bridgehead atoms. The van der Waals surface area contributed by atoms with E-state index in [9.17, 15) is 4.39 Å². The van der Waals surface area contributed by atoms with Gasteiger partial charge in [0.1, 0.15) is 18.1 Å². The molecule has 0 aliphatic carbocycles. The van der Waals surface area contributed by atoms with E-state index in [1.54, 1.807) is 13.0 Å². The van der Waals surface area contributed by atoms with Crippen LogP contribution in [0.25, 0.3) is 11.5 Å². The zero-order valence-electron chi connectivity index (χ0n) is 18.0. The average molecular weight is 417 g/mol. The van der Waals surface area contributed by atoms with Gasteiger partial charge in [-0.3, -0.25) is 0 Å². The molecule has 158 valence electrons. The number of aromatic nitrogens is 3. The number of aryl methyl sites for hydroxylation is 2. The molecule has 0 saturated heterocycles. The van der Waals surface area contributed by atoms with Crippen LogP contribution in [0.15, 0.2) is 65.3 Å². The summed E-state index contributed by atoms with van der Waals surface area (Å²) in [5, 5.41) is 3.74. The third-order valence-corrected chi connectivity index (χ3v) is 5.45. The maximum atomic E-state index is 14.8. The third-order valence-electron chi connectivity index (χ3n) is 5.45. The van der Waals surface area contributed by atoms with E-state index < -0.39 is 5.82 Å². The van der Waals surface area contributed by atoms with Crippen LogP contribution < -0.4 is 4.74 Å². The Hall–Kier alpha value is -3.54. The zero-order chi connectivity index (χ0) is 22.0. The molecule has 4 aromatic rings. The fraction of sp³-hybridized carbons (Fsp3) is 0.240. The van der Waals surface area contributed by atoms with E-state index >= 15 is 0 Å². The van der Waals surface area contributed by atoms with Crippen LogP contribution in [0.1, 0.15) is 42.0 Å². The Kier molecular flexibility index (Phi) is 5.55. The van der Waals surface area contributed by atoms with Gasteiger partial charge in [0.25, 0.3) is 0 Å². The van der Waals surface area contributed by atoms with Crippen LogP contribution in [0.2, 0.25) is 0 Å². The third kappa shape index (κ3) is 4.33. The van der Waals surface area contributed by atoms with Gasteiger partial charge in [-0.1, -0.05) is 61.0 Å². The van der Waals surface area contributed by atoms with Gasteiger partial charge in [0.2, 0.25) is 11.7 Å². The molecule has 31 heavy (non-hydrogen) atoms. The summed E-state index contributed by atoms with van der Waals surface area (Å²) in [6.45, 7) is 8.19. The molecule has 6 heteroatoms. The molecule has 0 aliphatic heterocycles. The smallest absolute Gasteiger partial charge is 0.224 e. The number of pyridine rings is 1. The maximum absolute atomic E-state index is 14.8. The molecule has 0 radical (unpaired) electrons. The van der Waals surface area contributed by atoms with Crippen molar-refractivity contribution in [3.63, 3.8) is 0 Å². The Balaban J connectivity index is 1.48. The zero-order valence-corrected chi connectivity index (χ0v) is 18.0. The van der Waals surface area contributed by atoms with Gasteiger partial charge < -0.3 is 9.26 Å². The van der Waals surface area contributed by atoms with Crippen LogP contribution in [0.4, 0.5) is 4.39 Å². The normalized spacial score (nSPS) is 11.5. The summed E-state index contributed by atoms with van der Waals surface area (Å²) in [5.74, 6) is 0.628. The fourth-order valence-electron chi connectivity index (χ4n) is 3.41. The van der Waals surface area contributed by atoms with Gasteiger partial charge in [-0.05, 0) is 36.2 Å². The summed E-state index contributed by atoms with van der Waals surface area (Å²) in [5.41, 5.74) is 3.94. The fourth-order valence-corrected chi connectivity index (χ4v) is 3.41. The van der Waals surface area contributed by atoms with Crippen molar-refractivity contribution in [3.05, 3.63) is 94.8 Å². The van der Waals surface area contributed by atoms with E-state index in [2.05, 4.69) is 60.2 Å². The minimum Gasteiger partial charge on any atom is -0.489 e.